The van der Waals surface area contributed by atoms with Gasteiger partial charge in [0, 0.05) is 19.6 Å². The summed E-state index contributed by atoms with van der Waals surface area (Å²) in [5, 5.41) is 12.2. The van der Waals surface area contributed by atoms with Crippen LogP contribution in [0, 0.1) is 0 Å². The second kappa shape index (κ2) is 8.05. The predicted octanol–water partition coefficient (Wildman–Crippen LogP) is 1.01. The normalized spacial score (nSPS) is 18.6. The summed E-state index contributed by atoms with van der Waals surface area (Å²) in [7, 11) is 0. The Bertz CT molecular complexity index is 482. The molecule has 22 heavy (non-hydrogen) atoms. The van der Waals surface area contributed by atoms with Gasteiger partial charge in [-0.25, -0.2) is 0 Å². The fraction of sp³-hybridized carbons (Fsp3) is 0.533. The Morgan fingerprint density at radius 1 is 1.41 bits per heavy atom. The minimum Gasteiger partial charge on any atom is -0.435 e. The zero-order valence-corrected chi connectivity index (χ0v) is 12.2. The summed E-state index contributed by atoms with van der Waals surface area (Å²) in [6.45, 7) is -0.781. The van der Waals surface area contributed by atoms with Crippen LogP contribution in [0.25, 0.3) is 0 Å². The van der Waals surface area contributed by atoms with E-state index in [1.807, 2.05) is 4.90 Å². The molecular formula is C15H20F2N2O3. The molecule has 1 aliphatic heterocycles. The van der Waals surface area contributed by atoms with E-state index in [-0.39, 0.29) is 24.3 Å². The van der Waals surface area contributed by atoms with Gasteiger partial charge in [0.2, 0.25) is 5.91 Å². The molecular weight excluding hydrogens is 294 g/mol. The van der Waals surface area contributed by atoms with Crippen LogP contribution in [0.1, 0.15) is 12.0 Å². The summed E-state index contributed by atoms with van der Waals surface area (Å²) < 4.78 is 28.3. The van der Waals surface area contributed by atoms with E-state index in [1.54, 1.807) is 12.1 Å². The van der Waals surface area contributed by atoms with Gasteiger partial charge in [-0.3, -0.25) is 9.69 Å². The van der Waals surface area contributed by atoms with Gasteiger partial charge in [-0.1, -0.05) is 12.1 Å². The van der Waals surface area contributed by atoms with Gasteiger partial charge in [-0.05, 0) is 30.5 Å². The molecule has 2 N–H and O–H groups in total. The molecule has 122 valence electrons. The molecule has 1 fully saturated rings. The Labute approximate surface area is 127 Å². The summed E-state index contributed by atoms with van der Waals surface area (Å²) in [6, 6.07) is 6.35. The van der Waals surface area contributed by atoms with Crippen LogP contribution in [0.2, 0.25) is 0 Å². The standard InChI is InChI=1S/C15H20F2N2O3/c16-15(17)22-13-3-1-11(2-4-13)5-7-18-14(21)10-19-8-6-12(20)9-19/h1-4,12,15,20H,5-10H2,(H,18,21)/t12-/m1/s1. The largest absolute Gasteiger partial charge is 0.435 e. The number of aliphatic hydroxyl groups excluding tert-OH is 1. The third-order valence-corrected chi connectivity index (χ3v) is 3.50. The molecule has 5 nitrogen and oxygen atoms in total. The van der Waals surface area contributed by atoms with E-state index in [9.17, 15) is 18.7 Å². The third-order valence-electron chi connectivity index (χ3n) is 3.50. The van der Waals surface area contributed by atoms with Crippen LogP contribution in [-0.2, 0) is 11.2 Å². The number of halogens is 2. The van der Waals surface area contributed by atoms with E-state index in [1.165, 1.54) is 12.1 Å². The van der Waals surface area contributed by atoms with E-state index < -0.39 is 6.61 Å². The molecule has 0 aromatic heterocycles. The van der Waals surface area contributed by atoms with Gasteiger partial charge in [-0.2, -0.15) is 8.78 Å². The minimum absolute atomic E-state index is 0.0771. The first-order chi connectivity index (χ1) is 10.5. The van der Waals surface area contributed by atoms with E-state index >= 15 is 0 Å². The number of nitrogens with zero attached hydrogens (tertiary/aromatic N) is 1. The van der Waals surface area contributed by atoms with E-state index in [0.717, 1.165) is 12.1 Å². The zero-order valence-electron chi connectivity index (χ0n) is 12.2. The van der Waals surface area contributed by atoms with E-state index in [2.05, 4.69) is 10.1 Å². The van der Waals surface area contributed by atoms with Crippen molar-refractivity contribution >= 4 is 5.91 Å². The van der Waals surface area contributed by atoms with Crippen LogP contribution in [0.4, 0.5) is 8.78 Å². The fourth-order valence-electron chi connectivity index (χ4n) is 2.40. The Balaban J connectivity index is 1.66. The lowest BCUT2D eigenvalue weighted by molar-refractivity contribution is -0.122. The fourth-order valence-corrected chi connectivity index (χ4v) is 2.40. The first-order valence-corrected chi connectivity index (χ1v) is 7.24. The maximum Gasteiger partial charge on any atom is 0.387 e. The van der Waals surface area contributed by atoms with Crippen molar-refractivity contribution in [3.63, 3.8) is 0 Å². The second-order valence-corrected chi connectivity index (χ2v) is 5.30. The van der Waals surface area contributed by atoms with Crippen molar-refractivity contribution in [3.05, 3.63) is 29.8 Å². The molecule has 0 bridgehead atoms. The number of aliphatic hydroxyl groups is 1. The average Bonchev–Trinajstić information content (AvgIpc) is 2.85. The summed E-state index contributed by atoms with van der Waals surface area (Å²) in [5.41, 5.74) is 0.929. The Morgan fingerprint density at radius 3 is 2.73 bits per heavy atom. The number of nitrogens with one attached hydrogen (secondary N) is 1. The van der Waals surface area contributed by atoms with E-state index in [4.69, 9.17) is 0 Å². The molecule has 0 unspecified atom stereocenters. The maximum atomic E-state index is 12.0. The minimum atomic E-state index is -2.82. The molecule has 1 saturated heterocycles. The number of ether oxygens (including phenoxy) is 1. The molecule has 0 spiro atoms. The van der Waals surface area contributed by atoms with Gasteiger partial charge in [0.25, 0.3) is 0 Å². The summed E-state index contributed by atoms with van der Waals surface area (Å²) in [4.78, 5) is 13.6. The highest BCUT2D eigenvalue weighted by Crippen LogP contribution is 2.15. The average molecular weight is 314 g/mol. The highest BCUT2D eigenvalue weighted by atomic mass is 19.3. The number of hydrogen-bond acceptors (Lipinski definition) is 4. The Hall–Kier alpha value is -1.73. The summed E-state index contributed by atoms with van der Waals surface area (Å²) in [6.07, 6.45) is 0.991. The molecule has 0 aliphatic carbocycles. The Kier molecular flexibility index (Phi) is 6.09. The maximum absolute atomic E-state index is 12.0. The highest BCUT2D eigenvalue weighted by Gasteiger charge is 2.21. The number of likely N-dealkylation sites (tertiary alicyclic amines) is 1. The number of rotatable bonds is 7. The van der Waals surface area contributed by atoms with Crippen LogP contribution in [0.3, 0.4) is 0 Å². The lowest BCUT2D eigenvalue weighted by atomic mass is 10.1. The SMILES string of the molecule is O=C(CN1CC[C@@H](O)C1)NCCc1ccc(OC(F)F)cc1. The molecule has 1 heterocycles. The molecule has 1 aromatic carbocycles. The first kappa shape index (κ1) is 16.6. The van der Waals surface area contributed by atoms with Gasteiger partial charge in [0.1, 0.15) is 5.75 Å². The summed E-state index contributed by atoms with van der Waals surface area (Å²) in [5.74, 6) is 0.0436. The van der Waals surface area contributed by atoms with Crippen LogP contribution in [0.5, 0.6) is 5.75 Å². The second-order valence-electron chi connectivity index (χ2n) is 5.30. The zero-order chi connectivity index (χ0) is 15.9. The topological polar surface area (TPSA) is 61.8 Å². The molecule has 0 saturated carbocycles. The molecule has 1 atom stereocenters. The number of β-amino-alcohol motifs (C(OH)–C–C–N with tert-alkyl or cyclic N) is 1. The van der Waals surface area contributed by atoms with Gasteiger partial charge >= 0.3 is 6.61 Å². The molecule has 7 heteroatoms. The van der Waals surface area contributed by atoms with Crippen molar-refractivity contribution in [2.45, 2.75) is 25.6 Å². The van der Waals surface area contributed by atoms with Crippen molar-refractivity contribution < 1.29 is 23.4 Å². The number of carbonyl (C=O) groups excluding carboxylic acids is 1. The number of carbonyl (C=O) groups is 1. The van der Waals surface area contributed by atoms with Crippen LogP contribution < -0.4 is 10.1 Å². The summed E-state index contributed by atoms with van der Waals surface area (Å²) >= 11 is 0. The van der Waals surface area contributed by atoms with Crippen molar-refractivity contribution in [2.24, 2.45) is 0 Å². The smallest absolute Gasteiger partial charge is 0.387 e. The monoisotopic (exact) mass is 314 g/mol. The lowest BCUT2D eigenvalue weighted by Gasteiger charge is -2.14. The van der Waals surface area contributed by atoms with Crippen LogP contribution >= 0.6 is 0 Å². The van der Waals surface area contributed by atoms with Crippen molar-refractivity contribution in [1.29, 1.82) is 0 Å². The quantitative estimate of drug-likeness (QED) is 0.789. The molecule has 2 rings (SSSR count). The number of benzene rings is 1. The first-order valence-electron chi connectivity index (χ1n) is 7.24. The van der Waals surface area contributed by atoms with Crippen LogP contribution in [-0.4, -0.2) is 54.8 Å². The molecule has 0 radical (unpaired) electrons. The highest BCUT2D eigenvalue weighted by molar-refractivity contribution is 5.78. The van der Waals surface area contributed by atoms with Crippen LogP contribution in [0.15, 0.2) is 24.3 Å². The van der Waals surface area contributed by atoms with Crippen molar-refractivity contribution in [3.8, 4) is 5.75 Å². The predicted molar refractivity (Wildman–Crippen MR) is 76.9 cm³/mol. The van der Waals surface area contributed by atoms with Gasteiger partial charge in [0.05, 0.1) is 12.6 Å². The van der Waals surface area contributed by atoms with Gasteiger partial charge < -0.3 is 15.2 Å². The van der Waals surface area contributed by atoms with E-state index in [0.29, 0.717) is 25.9 Å². The van der Waals surface area contributed by atoms with Crippen molar-refractivity contribution in [1.82, 2.24) is 10.2 Å². The Morgan fingerprint density at radius 2 is 2.14 bits per heavy atom. The number of hydrogen-bond donors (Lipinski definition) is 2. The number of alkyl halides is 2. The molecule has 1 aromatic rings. The molecule has 1 amide bonds. The number of amides is 1. The van der Waals surface area contributed by atoms with Gasteiger partial charge in [-0.15, -0.1) is 0 Å². The molecule has 1 aliphatic rings. The lowest BCUT2D eigenvalue weighted by Crippen LogP contribution is -2.37. The van der Waals surface area contributed by atoms with Crippen molar-refractivity contribution in [2.75, 3.05) is 26.2 Å². The van der Waals surface area contributed by atoms with Gasteiger partial charge in [0.15, 0.2) is 0 Å². The third kappa shape index (κ3) is 5.57.